The highest BCUT2D eigenvalue weighted by Gasteiger charge is 2.20. The van der Waals surface area contributed by atoms with Crippen LogP contribution in [0.25, 0.3) is 5.82 Å². The highest BCUT2D eigenvalue weighted by Crippen LogP contribution is 2.27. The van der Waals surface area contributed by atoms with Crippen molar-refractivity contribution in [2.45, 2.75) is 12.8 Å². The van der Waals surface area contributed by atoms with Gasteiger partial charge in [0.1, 0.15) is 0 Å². The monoisotopic (exact) mass is 343 g/mol. The molecule has 0 radical (unpaired) electrons. The van der Waals surface area contributed by atoms with E-state index in [9.17, 15) is 4.79 Å². The Hall–Kier alpha value is -1.63. The van der Waals surface area contributed by atoms with E-state index in [0.29, 0.717) is 18.1 Å². The number of carbonyl (C=O) groups is 1. The predicted octanol–water partition coefficient (Wildman–Crippen LogP) is 2.05. The minimum absolute atomic E-state index is 0. The average Bonchev–Trinajstić information content (AvgIpc) is 3.11. The Morgan fingerprint density at radius 1 is 1.27 bits per heavy atom. The number of anilines is 1. The summed E-state index contributed by atoms with van der Waals surface area (Å²) in [5.41, 5.74) is 0.662. The number of amides is 1. The van der Waals surface area contributed by atoms with Crippen LogP contribution in [0.3, 0.4) is 0 Å². The quantitative estimate of drug-likeness (QED) is 0.841. The van der Waals surface area contributed by atoms with Crippen LogP contribution in [-0.4, -0.2) is 33.8 Å². The first kappa shape index (κ1) is 18.4. The first-order valence-electron chi connectivity index (χ1n) is 6.78. The molecule has 6 nitrogen and oxygen atoms in total. The van der Waals surface area contributed by atoms with E-state index in [1.807, 2.05) is 12.1 Å². The van der Waals surface area contributed by atoms with Crippen molar-refractivity contribution in [2.24, 2.45) is 5.92 Å². The molecule has 1 aliphatic carbocycles. The van der Waals surface area contributed by atoms with Crippen molar-refractivity contribution in [2.75, 3.05) is 18.4 Å². The maximum absolute atomic E-state index is 11.9. The van der Waals surface area contributed by atoms with E-state index in [1.165, 1.54) is 12.8 Å². The smallest absolute Gasteiger partial charge is 0.238 e. The number of aromatic nitrogens is 3. The van der Waals surface area contributed by atoms with Gasteiger partial charge in [0.05, 0.1) is 12.2 Å². The molecule has 1 amide bonds. The van der Waals surface area contributed by atoms with E-state index >= 15 is 0 Å². The Balaban J connectivity index is 0.00000121. The molecule has 2 N–H and O–H groups in total. The van der Waals surface area contributed by atoms with Crippen LogP contribution in [0, 0.1) is 5.92 Å². The summed E-state index contributed by atoms with van der Waals surface area (Å²) in [5, 5.41) is 10.2. The van der Waals surface area contributed by atoms with Crippen LogP contribution < -0.4 is 10.6 Å². The predicted molar refractivity (Wildman–Crippen MR) is 90.1 cm³/mol. The number of nitrogens with zero attached hydrogens (tertiary/aromatic N) is 3. The van der Waals surface area contributed by atoms with Gasteiger partial charge in [0.15, 0.2) is 5.82 Å². The Morgan fingerprint density at radius 3 is 2.77 bits per heavy atom. The highest BCUT2D eigenvalue weighted by atomic mass is 35.5. The summed E-state index contributed by atoms with van der Waals surface area (Å²) in [4.78, 5) is 16.2. The lowest BCUT2D eigenvalue weighted by Crippen LogP contribution is -2.29. The second kappa shape index (κ2) is 8.73. The van der Waals surface area contributed by atoms with Crippen LogP contribution >= 0.6 is 24.8 Å². The first-order chi connectivity index (χ1) is 9.83. The molecule has 1 aliphatic rings. The van der Waals surface area contributed by atoms with E-state index in [4.69, 9.17) is 0 Å². The molecule has 120 valence electrons. The SMILES string of the molecule is Cl.Cl.O=C(CNCC1CC1)Nc1cccnc1-n1cccn1. The van der Waals surface area contributed by atoms with Gasteiger partial charge in [0.2, 0.25) is 5.91 Å². The Bertz CT molecular complexity index is 587. The minimum Gasteiger partial charge on any atom is -0.322 e. The van der Waals surface area contributed by atoms with Crippen LogP contribution in [0.15, 0.2) is 36.8 Å². The second-order valence-corrected chi connectivity index (χ2v) is 4.95. The van der Waals surface area contributed by atoms with Gasteiger partial charge in [-0.05, 0) is 43.5 Å². The molecule has 2 aromatic rings. The molecule has 2 heterocycles. The molecule has 0 aromatic carbocycles. The lowest BCUT2D eigenvalue weighted by Gasteiger charge is -2.10. The van der Waals surface area contributed by atoms with Crippen molar-refractivity contribution >= 4 is 36.4 Å². The summed E-state index contributed by atoms with van der Waals surface area (Å²) < 4.78 is 1.63. The van der Waals surface area contributed by atoms with Gasteiger partial charge in [-0.25, -0.2) is 9.67 Å². The van der Waals surface area contributed by atoms with Gasteiger partial charge in [0, 0.05) is 18.6 Å². The Kier molecular flexibility index (Phi) is 7.31. The number of nitrogens with one attached hydrogen (secondary N) is 2. The van der Waals surface area contributed by atoms with Crippen molar-refractivity contribution in [3.8, 4) is 5.82 Å². The molecule has 3 rings (SSSR count). The fraction of sp³-hybridized carbons (Fsp3) is 0.357. The molecule has 0 spiro atoms. The van der Waals surface area contributed by atoms with Gasteiger partial charge in [-0.1, -0.05) is 0 Å². The Labute approximate surface area is 141 Å². The molecule has 22 heavy (non-hydrogen) atoms. The molecule has 0 bridgehead atoms. The molecule has 8 heteroatoms. The van der Waals surface area contributed by atoms with Crippen LogP contribution in [-0.2, 0) is 4.79 Å². The lowest BCUT2D eigenvalue weighted by molar-refractivity contribution is -0.115. The summed E-state index contributed by atoms with van der Waals surface area (Å²) in [7, 11) is 0. The molecule has 0 atom stereocenters. The highest BCUT2D eigenvalue weighted by molar-refractivity contribution is 5.93. The standard InChI is InChI=1S/C14H17N5O.2ClH/c20-13(10-15-9-11-4-5-11)18-12-3-1-6-16-14(12)19-8-2-7-17-19;;/h1-3,6-8,11,15H,4-5,9-10H2,(H,18,20);2*1H. The summed E-state index contributed by atoms with van der Waals surface area (Å²) in [6.45, 7) is 1.25. The van der Waals surface area contributed by atoms with Crippen LogP contribution in [0.4, 0.5) is 5.69 Å². The summed E-state index contributed by atoms with van der Waals surface area (Å²) >= 11 is 0. The third-order valence-electron chi connectivity index (χ3n) is 3.20. The number of pyridine rings is 1. The Morgan fingerprint density at radius 2 is 2.09 bits per heavy atom. The zero-order valence-corrected chi connectivity index (χ0v) is 13.6. The van der Waals surface area contributed by atoms with Crippen molar-refractivity contribution in [3.63, 3.8) is 0 Å². The number of hydrogen-bond acceptors (Lipinski definition) is 4. The summed E-state index contributed by atoms with van der Waals surface area (Å²) in [5.74, 6) is 1.32. The van der Waals surface area contributed by atoms with Crippen molar-refractivity contribution in [1.29, 1.82) is 0 Å². The third-order valence-corrected chi connectivity index (χ3v) is 3.20. The molecule has 0 saturated heterocycles. The van der Waals surface area contributed by atoms with Gasteiger partial charge >= 0.3 is 0 Å². The fourth-order valence-corrected chi connectivity index (χ4v) is 1.98. The van der Waals surface area contributed by atoms with Gasteiger partial charge in [-0.3, -0.25) is 4.79 Å². The molecular formula is C14H19Cl2N5O. The molecular weight excluding hydrogens is 325 g/mol. The number of halogens is 2. The second-order valence-electron chi connectivity index (χ2n) is 4.95. The number of carbonyl (C=O) groups excluding carboxylic acids is 1. The van der Waals surface area contributed by atoms with Crippen molar-refractivity contribution < 1.29 is 4.79 Å². The third kappa shape index (κ3) is 4.98. The molecule has 0 unspecified atom stereocenters. The van der Waals surface area contributed by atoms with Gasteiger partial charge in [-0.2, -0.15) is 5.10 Å². The first-order valence-corrected chi connectivity index (χ1v) is 6.78. The van der Waals surface area contributed by atoms with Gasteiger partial charge in [-0.15, -0.1) is 24.8 Å². The summed E-state index contributed by atoms with van der Waals surface area (Å²) in [6.07, 6.45) is 7.71. The maximum atomic E-state index is 11.9. The van der Waals surface area contributed by atoms with E-state index in [0.717, 1.165) is 12.5 Å². The van der Waals surface area contributed by atoms with E-state index in [2.05, 4.69) is 20.7 Å². The van der Waals surface area contributed by atoms with Crippen LogP contribution in [0.2, 0.25) is 0 Å². The number of rotatable bonds is 6. The van der Waals surface area contributed by atoms with Crippen molar-refractivity contribution in [3.05, 3.63) is 36.8 Å². The van der Waals surface area contributed by atoms with E-state index in [-0.39, 0.29) is 30.7 Å². The summed E-state index contributed by atoms with van der Waals surface area (Å²) in [6, 6.07) is 5.43. The maximum Gasteiger partial charge on any atom is 0.238 e. The van der Waals surface area contributed by atoms with Crippen LogP contribution in [0.5, 0.6) is 0 Å². The van der Waals surface area contributed by atoms with Crippen LogP contribution in [0.1, 0.15) is 12.8 Å². The van der Waals surface area contributed by atoms with E-state index in [1.54, 1.807) is 29.3 Å². The zero-order valence-electron chi connectivity index (χ0n) is 11.9. The normalized spacial score (nSPS) is 12.9. The van der Waals surface area contributed by atoms with E-state index < -0.39 is 0 Å². The van der Waals surface area contributed by atoms with Crippen molar-refractivity contribution in [1.82, 2.24) is 20.1 Å². The molecule has 0 aliphatic heterocycles. The lowest BCUT2D eigenvalue weighted by atomic mass is 10.3. The fourth-order valence-electron chi connectivity index (χ4n) is 1.98. The minimum atomic E-state index is -0.0629. The number of hydrogen-bond donors (Lipinski definition) is 2. The van der Waals surface area contributed by atoms with Gasteiger partial charge < -0.3 is 10.6 Å². The van der Waals surface area contributed by atoms with Gasteiger partial charge in [0.25, 0.3) is 0 Å². The molecule has 1 fully saturated rings. The average molecular weight is 344 g/mol. The largest absolute Gasteiger partial charge is 0.322 e. The molecule has 1 saturated carbocycles. The zero-order chi connectivity index (χ0) is 13.8. The topological polar surface area (TPSA) is 71.8 Å². The molecule has 2 aromatic heterocycles.